The molecule has 1 aromatic rings. The van der Waals surface area contributed by atoms with Crippen LogP contribution < -0.4 is 15.4 Å². The van der Waals surface area contributed by atoms with Crippen molar-refractivity contribution in [3.63, 3.8) is 0 Å². The van der Waals surface area contributed by atoms with Crippen molar-refractivity contribution >= 4 is 41.6 Å². The minimum Gasteiger partial charge on any atom is -0.480 e. The van der Waals surface area contributed by atoms with Crippen LogP contribution in [0.3, 0.4) is 0 Å². The molecule has 1 aromatic carbocycles. The highest BCUT2D eigenvalue weighted by Gasteiger charge is 2.54. The topological polar surface area (TPSA) is 183 Å². The quantitative estimate of drug-likeness (QED) is 0.281. The van der Waals surface area contributed by atoms with Crippen LogP contribution >= 0.6 is 11.8 Å². The lowest BCUT2D eigenvalue weighted by Gasteiger charge is -2.49. The molecule has 2 aliphatic rings. The number of amides is 3. The summed E-state index contributed by atoms with van der Waals surface area (Å²) in [5, 5.41) is 32.2. The Bertz CT molecular complexity index is 1010. The maximum atomic E-state index is 12.4. The van der Waals surface area contributed by atoms with Crippen molar-refractivity contribution in [2.24, 2.45) is 0 Å². The summed E-state index contributed by atoms with van der Waals surface area (Å²) in [4.78, 5) is 60.6. The van der Waals surface area contributed by atoms with Crippen LogP contribution in [-0.2, 0) is 19.2 Å². The van der Waals surface area contributed by atoms with Gasteiger partial charge in [0.25, 0.3) is 5.91 Å². The molecule has 12 nitrogen and oxygen atoms in total. The molecule has 34 heavy (non-hydrogen) atoms. The Hall–Kier alpha value is -3.58. The zero-order chi connectivity index (χ0) is 24.8. The standard InChI is InChI=1S/C21H23N3O9S/c25-9-11-10-34-18-15(17(27)24(18)16(11)20(30)31)23-14(26)8-4-7-13(19(28)29)22-21(32)33-12-5-2-1-3-6-12/h1-3,5-6,13,15,18,25H,4,7-10H2,(H,22,32)(H,23,26)(H,28,29)(H,30,31)/t13?,15-,18+/m1/s1. The molecule has 3 amide bonds. The monoisotopic (exact) mass is 493 g/mol. The van der Waals surface area contributed by atoms with E-state index in [1.807, 2.05) is 0 Å². The number of carboxylic acid groups (broad SMARTS) is 2. The van der Waals surface area contributed by atoms with Crippen molar-refractivity contribution in [3.8, 4) is 5.75 Å². The van der Waals surface area contributed by atoms with Gasteiger partial charge in [-0.15, -0.1) is 11.8 Å². The predicted molar refractivity (Wildman–Crippen MR) is 118 cm³/mol. The van der Waals surface area contributed by atoms with Gasteiger partial charge < -0.3 is 30.7 Å². The second-order valence-electron chi connectivity index (χ2n) is 7.50. The first-order valence-corrected chi connectivity index (χ1v) is 11.3. The summed E-state index contributed by atoms with van der Waals surface area (Å²) in [5.74, 6) is -3.27. The number of fused-ring (bicyclic) bond motifs is 1. The van der Waals surface area contributed by atoms with Crippen LogP contribution in [0.25, 0.3) is 0 Å². The summed E-state index contributed by atoms with van der Waals surface area (Å²) in [6, 6.07) is 5.90. The van der Waals surface area contributed by atoms with E-state index in [1.165, 1.54) is 23.9 Å². The fourth-order valence-electron chi connectivity index (χ4n) is 3.54. The van der Waals surface area contributed by atoms with Crippen LogP contribution in [-0.4, -0.2) is 79.9 Å². The number of carbonyl (C=O) groups excluding carboxylic acids is 3. The Balaban J connectivity index is 1.47. The summed E-state index contributed by atoms with van der Waals surface area (Å²) >= 11 is 1.23. The average molecular weight is 493 g/mol. The molecule has 1 fully saturated rings. The fraction of sp³-hybridized carbons (Fsp3) is 0.381. The number of para-hydroxylation sites is 1. The first-order chi connectivity index (χ1) is 16.2. The zero-order valence-corrected chi connectivity index (χ0v) is 18.6. The van der Waals surface area contributed by atoms with Crippen LogP contribution in [0.4, 0.5) is 4.79 Å². The number of rotatable bonds is 10. The molecule has 0 radical (unpaired) electrons. The third-order valence-corrected chi connectivity index (χ3v) is 6.54. The lowest BCUT2D eigenvalue weighted by Crippen LogP contribution is -2.70. The average Bonchev–Trinajstić information content (AvgIpc) is 2.81. The number of nitrogens with one attached hydrogen (secondary N) is 2. The SMILES string of the molecule is O=C(CCCC(NC(=O)Oc1ccccc1)C(=O)O)N[C@@H]1C(=O)N2C(C(=O)O)=C(CO)CS[C@@H]12. The van der Waals surface area contributed by atoms with Crippen LogP contribution in [0.1, 0.15) is 19.3 Å². The van der Waals surface area contributed by atoms with Crippen LogP contribution in [0, 0.1) is 0 Å². The Kier molecular flexibility index (Phi) is 8.12. The molecule has 2 aliphatic heterocycles. The Morgan fingerprint density at radius 1 is 1.18 bits per heavy atom. The van der Waals surface area contributed by atoms with Crippen LogP contribution in [0.2, 0.25) is 0 Å². The number of aliphatic carboxylic acids is 2. The van der Waals surface area contributed by atoms with E-state index in [4.69, 9.17) is 4.74 Å². The minimum atomic E-state index is -1.33. The van der Waals surface area contributed by atoms with Gasteiger partial charge in [0.05, 0.1) is 6.61 Å². The fourth-order valence-corrected chi connectivity index (χ4v) is 4.88. The normalized spacial score (nSPS) is 20.0. The van der Waals surface area contributed by atoms with Gasteiger partial charge in [0.2, 0.25) is 5.91 Å². The second-order valence-corrected chi connectivity index (χ2v) is 8.61. The van der Waals surface area contributed by atoms with Gasteiger partial charge in [0.1, 0.15) is 28.9 Å². The van der Waals surface area contributed by atoms with Gasteiger partial charge in [-0.3, -0.25) is 14.5 Å². The number of benzene rings is 1. The van der Waals surface area contributed by atoms with E-state index in [9.17, 15) is 39.3 Å². The zero-order valence-electron chi connectivity index (χ0n) is 17.8. The third kappa shape index (κ3) is 5.66. The molecule has 2 heterocycles. The molecular formula is C21H23N3O9S. The van der Waals surface area contributed by atoms with Gasteiger partial charge >= 0.3 is 18.0 Å². The first-order valence-electron chi connectivity index (χ1n) is 10.3. The molecule has 1 unspecified atom stereocenters. The van der Waals surface area contributed by atoms with Gasteiger partial charge in [0, 0.05) is 12.2 Å². The number of nitrogens with zero attached hydrogens (tertiary/aromatic N) is 1. The van der Waals surface area contributed by atoms with Crippen molar-refractivity contribution < 1.29 is 44.0 Å². The van der Waals surface area contributed by atoms with Gasteiger partial charge in [-0.25, -0.2) is 14.4 Å². The van der Waals surface area contributed by atoms with Gasteiger partial charge in [-0.05, 0) is 30.5 Å². The number of aliphatic hydroxyl groups is 1. The maximum Gasteiger partial charge on any atom is 0.413 e. The first kappa shape index (κ1) is 25.1. The van der Waals surface area contributed by atoms with E-state index in [0.717, 1.165) is 4.90 Å². The molecule has 0 spiro atoms. The molecule has 0 saturated carbocycles. The van der Waals surface area contributed by atoms with Gasteiger partial charge in [-0.1, -0.05) is 18.2 Å². The third-order valence-electron chi connectivity index (χ3n) is 5.20. The highest BCUT2D eigenvalue weighted by molar-refractivity contribution is 8.00. The molecule has 13 heteroatoms. The van der Waals surface area contributed by atoms with E-state index >= 15 is 0 Å². The largest absolute Gasteiger partial charge is 0.480 e. The number of aliphatic hydroxyl groups excluding tert-OH is 1. The van der Waals surface area contributed by atoms with Crippen molar-refractivity contribution in [1.82, 2.24) is 15.5 Å². The number of β-lactam (4-membered cyclic amide) rings is 1. The number of hydrogen-bond acceptors (Lipinski definition) is 8. The molecular weight excluding hydrogens is 470 g/mol. The molecule has 0 bridgehead atoms. The molecule has 5 N–H and O–H groups in total. The Morgan fingerprint density at radius 2 is 1.88 bits per heavy atom. The van der Waals surface area contributed by atoms with Crippen LogP contribution in [0.5, 0.6) is 5.75 Å². The highest BCUT2D eigenvalue weighted by atomic mass is 32.2. The number of ether oxygens (including phenoxy) is 1. The molecule has 3 atom stereocenters. The lowest BCUT2D eigenvalue weighted by atomic mass is 10.0. The minimum absolute atomic E-state index is 0.0542. The van der Waals surface area contributed by atoms with Crippen molar-refractivity contribution in [2.75, 3.05) is 12.4 Å². The molecule has 0 aromatic heterocycles. The van der Waals surface area contributed by atoms with Crippen molar-refractivity contribution in [2.45, 2.75) is 36.7 Å². The van der Waals surface area contributed by atoms with Crippen LogP contribution in [0.15, 0.2) is 41.6 Å². The number of thioether (sulfide) groups is 1. The summed E-state index contributed by atoms with van der Waals surface area (Å²) in [6.07, 6.45) is -1.00. The van der Waals surface area contributed by atoms with Gasteiger partial charge in [-0.2, -0.15) is 0 Å². The van der Waals surface area contributed by atoms with Crippen molar-refractivity contribution in [3.05, 3.63) is 41.6 Å². The molecule has 0 aliphatic carbocycles. The predicted octanol–water partition coefficient (Wildman–Crippen LogP) is 0.129. The number of carboxylic acids is 2. The summed E-state index contributed by atoms with van der Waals surface area (Å²) < 4.78 is 5.00. The smallest absolute Gasteiger partial charge is 0.413 e. The Morgan fingerprint density at radius 3 is 2.50 bits per heavy atom. The van der Waals surface area contributed by atoms with Crippen molar-refractivity contribution in [1.29, 1.82) is 0 Å². The molecule has 182 valence electrons. The summed E-state index contributed by atoms with van der Waals surface area (Å²) in [6.45, 7) is -0.486. The highest BCUT2D eigenvalue weighted by Crippen LogP contribution is 2.40. The Labute approximate surface area is 197 Å². The van der Waals surface area contributed by atoms with Gasteiger partial charge in [0.15, 0.2) is 0 Å². The number of hydrogen-bond donors (Lipinski definition) is 5. The second kappa shape index (κ2) is 11.0. The molecule has 3 rings (SSSR count). The lowest BCUT2D eigenvalue weighted by molar-refractivity contribution is -0.150. The van der Waals surface area contributed by atoms with E-state index in [0.29, 0.717) is 0 Å². The summed E-state index contributed by atoms with van der Waals surface area (Å²) in [5.41, 5.74) is -0.0376. The van der Waals surface area contributed by atoms with E-state index < -0.39 is 53.9 Å². The van der Waals surface area contributed by atoms with E-state index in [1.54, 1.807) is 18.2 Å². The maximum absolute atomic E-state index is 12.4. The van der Waals surface area contributed by atoms with E-state index in [-0.39, 0.29) is 42.0 Å². The van der Waals surface area contributed by atoms with E-state index in [2.05, 4.69) is 10.6 Å². The molecule has 1 saturated heterocycles. The summed E-state index contributed by atoms with van der Waals surface area (Å²) in [7, 11) is 0. The number of carbonyl (C=O) groups is 5.